The van der Waals surface area contributed by atoms with E-state index in [0.717, 1.165) is 17.1 Å². The summed E-state index contributed by atoms with van der Waals surface area (Å²) in [5.41, 5.74) is 7.45. The summed E-state index contributed by atoms with van der Waals surface area (Å²) in [6.45, 7) is 17.8. The molecule has 0 atom stereocenters. The van der Waals surface area contributed by atoms with Crippen LogP contribution in [0.3, 0.4) is 0 Å². The van der Waals surface area contributed by atoms with Crippen molar-refractivity contribution < 1.29 is 2.78 Å². The summed E-state index contributed by atoms with van der Waals surface area (Å²) in [6, 6.07) is 12.7. The average molecular weight is 395 g/mol. The van der Waals surface area contributed by atoms with Crippen molar-refractivity contribution in [1.82, 2.24) is 0 Å². The molecule has 0 spiro atoms. The average Bonchev–Trinajstić information content (AvgIpc) is 2.71. The van der Waals surface area contributed by atoms with Gasteiger partial charge in [-0.15, -0.1) is 0 Å². The summed E-state index contributed by atoms with van der Waals surface area (Å²) >= 11 is 0. The number of hydrogen-bond donors (Lipinski definition) is 1. The predicted molar refractivity (Wildman–Crippen MR) is 130 cm³/mol. The van der Waals surface area contributed by atoms with Crippen LogP contribution in [0.25, 0.3) is 0 Å². The van der Waals surface area contributed by atoms with Gasteiger partial charge < -0.3 is 5.31 Å². The summed E-state index contributed by atoms with van der Waals surface area (Å²) in [7, 11) is 0. The second-order valence-electron chi connectivity index (χ2n) is 9.18. The Hall–Kier alpha value is -2.09. The van der Waals surface area contributed by atoms with Crippen LogP contribution in [0.2, 0.25) is 1.41 Å². The zero-order chi connectivity index (χ0) is 23.3. The van der Waals surface area contributed by atoms with Crippen LogP contribution in [-0.2, 0) is 0 Å². The first-order valence-corrected chi connectivity index (χ1v) is 11.0. The van der Waals surface area contributed by atoms with Crippen LogP contribution in [-0.4, -0.2) is 12.3 Å². The maximum Gasteiger partial charge on any atom is 0.160 e. The van der Waals surface area contributed by atoms with Gasteiger partial charge in [0, 0.05) is 12.8 Å². The Kier molecular flexibility index (Phi) is 7.03. The molecule has 2 rings (SSSR count). The summed E-state index contributed by atoms with van der Waals surface area (Å²) in [5, 5.41) is 1.56. The third-order valence-corrected chi connectivity index (χ3v) is 5.37. The van der Waals surface area contributed by atoms with Gasteiger partial charge in [-0.1, -0.05) is 91.8 Å². The van der Waals surface area contributed by atoms with Crippen molar-refractivity contribution in [2.45, 2.75) is 86.0 Å². The van der Waals surface area contributed by atoms with Gasteiger partial charge >= 0.3 is 0 Å². The van der Waals surface area contributed by atoms with Crippen LogP contribution in [0.5, 0.6) is 0 Å². The molecule has 1 N–H and O–H groups in total. The molecule has 29 heavy (non-hydrogen) atoms. The van der Waals surface area contributed by atoms with Gasteiger partial charge in [-0.05, 0) is 52.8 Å². The summed E-state index contributed by atoms with van der Waals surface area (Å²) in [5.74, 6) is 1.36. The Morgan fingerprint density at radius 2 is 1.21 bits per heavy atom. The number of nitrogens with zero attached hydrogens (tertiary/aromatic N) is 1. The van der Waals surface area contributed by atoms with Crippen LogP contribution in [0.15, 0.2) is 41.4 Å². The van der Waals surface area contributed by atoms with Gasteiger partial charge in [0.25, 0.3) is 0 Å². The van der Waals surface area contributed by atoms with Crippen molar-refractivity contribution in [3.8, 4) is 0 Å². The maximum atomic E-state index is 8.93. The molecule has 0 fully saturated rings. The first kappa shape index (κ1) is 20.2. The molecule has 0 saturated carbocycles. The highest BCUT2D eigenvalue weighted by Crippen LogP contribution is 2.35. The summed E-state index contributed by atoms with van der Waals surface area (Å²) < 4.78 is 17.1. The minimum Gasteiger partial charge on any atom is -0.379 e. The first-order valence-electron chi connectivity index (χ1n) is 12.1. The predicted octanol–water partition coefficient (Wildman–Crippen LogP) is 8.38. The Bertz CT molecular complexity index is 846. The minimum atomic E-state index is 0.0835. The molecule has 0 aliphatic heterocycles. The lowest BCUT2D eigenvalue weighted by molar-refractivity contribution is 0.833. The van der Waals surface area contributed by atoms with Gasteiger partial charge in [-0.3, -0.25) is 4.99 Å². The lowest BCUT2D eigenvalue weighted by Crippen LogP contribution is -2.14. The van der Waals surface area contributed by atoms with Gasteiger partial charge in [-0.25, -0.2) is 0 Å². The van der Waals surface area contributed by atoms with Crippen LogP contribution in [0.4, 0.5) is 11.4 Å². The van der Waals surface area contributed by atoms with Gasteiger partial charge in [0.05, 0.1) is 12.2 Å². The van der Waals surface area contributed by atoms with Crippen molar-refractivity contribution in [1.29, 1.82) is 0 Å². The third-order valence-electron chi connectivity index (χ3n) is 5.37. The van der Waals surface area contributed by atoms with Gasteiger partial charge in [0.2, 0.25) is 0 Å². The lowest BCUT2D eigenvalue weighted by Gasteiger charge is -2.21. The van der Waals surface area contributed by atoms with E-state index < -0.39 is 0 Å². The second kappa shape index (κ2) is 10.1. The molecule has 0 radical (unpaired) electrons. The zero-order valence-electron chi connectivity index (χ0n) is 21.6. The molecule has 0 bridgehead atoms. The normalized spacial score (nSPS) is 13.4. The van der Waals surface area contributed by atoms with Crippen molar-refractivity contribution in [2.75, 3.05) is 11.9 Å². The Labute approximate surface area is 181 Å². The zero-order valence-corrected chi connectivity index (χ0v) is 19.6. The number of para-hydroxylation sites is 2. The van der Waals surface area contributed by atoms with Gasteiger partial charge in [0.1, 0.15) is 0 Å². The molecule has 158 valence electrons. The van der Waals surface area contributed by atoms with Crippen molar-refractivity contribution in [3.05, 3.63) is 58.7 Å². The quantitative estimate of drug-likeness (QED) is 0.447. The monoisotopic (exact) mass is 394 g/mol. The van der Waals surface area contributed by atoms with Crippen LogP contribution in [0.1, 0.15) is 110 Å². The van der Waals surface area contributed by atoms with Crippen LogP contribution in [0, 0.1) is 0 Å². The molecular weight excluding hydrogens is 352 g/mol. The second-order valence-corrected chi connectivity index (χ2v) is 9.18. The molecule has 0 amide bonds. The first-order chi connectivity index (χ1) is 14.6. The number of aliphatic imine (C=N–C) groups is 1. The standard InChI is InChI=1S/C27H40N2/c1-17(2)22-12-10-13-23(18(3)4)26(22)28-16-21(9)29-27-24(19(5)6)14-11-15-25(27)20(7)8/h10-15,17-20,28H,16H2,1-9H3/i9D/hD. The van der Waals surface area contributed by atoms with E-state index in [1.54, 1.807) is 5.31 Å². The summed E-state index contributed by atoms with van der Waals surface area (Å²) in [4.78, 5) is 5.00. The number of rotatable bonds is 8. The minimum absolute atomic E-state index is 0.0835. The highest BCUT2D eigenvalue weighted by atomic mass is 14.9. The molecule has 0 saturated heterocycles. The fraction of sp³-hybridized carbons (Fsp3) is 0.519. The molecule has 2 aromatic rings. The number of nitrogens with one attached hydrogen (secondary N) is 1. The molecular formula is C27H40N2. The van der Waals surface area contributed by atoms with E-state index in [1.807, 2.05) is 0 Å². The Morgan fingerprint density at radius 1 is 0.793 bits per heavy atom. The highest BCUT2D eigenvalue weighted by molar-refractivity contribution is 5.89. The number of hydrogen-bond acceptors (Lipinski definition) is 2. The molecule has 0 aliphatic rings. The van der Waals surface area contributed by atoms with Crippen LogP contribution < -0.4 is 5.31 Å². The topological polar surface area (TPSA) is 24.4 Å². The van der Waals surface area contributed by atoms with E-state index in [0.29, 0.717) is 30.2 Å². The van der Waals surface area contributed by atoms with E-state index in [9.17, 15) is 0 Å². The molecule has 0 aromatic heterocycles. The Morgan fingerprint density at radius 3 is 1.59 bits per heavy atom. The largest absolute Gasteiger partial charge is 0.379 e. The van der Waals surface area contributed by atoms with Crippen molar-refractivity contribution in [2.24, 2.45) is 4.99 Å². The molecule has 0 unspecified atom stereocenters. The number of benzene rings is 2. The smallest absolute Gasteiger partial charge is 0.160 e. The Balaban J connectivity index is 2.54. The van der Waals surface area contributed by atoms with Gasteiger partial charge in [0.15, 0.2) is 1.41 Å². The lowest BCUT2D eigenvalue weighted by atomic mass is 9.92. The van der Waals surface area contributed by atoms with E-state index in [-0.39, 0.29) is 6.90 Å². The third kappa shape index (κ3) is 5.72. The van der Waals surface area contributed by atoms with Gasteiger partial charge in [-0.2, -0.15) is 0 Å². The van der Waals surface area contributed by atoms with Crippen LogP contribution >= 0.6 is 0 Å². The van der Waals surface area contributed by atoms with E-state index >= 15 is 0 Å². The molecule has 2 heteroatoms. The molecule has 2 aromatic carbocycles. The fourth-order valence-corrected chi connectivity index (χ4v) is 3.70. The number of anilines is 1. The van der Waals surface area contributed by atoms with E-state index in [1.165, 1.54) is 22.3 Å². The fourth-order valence-electron chi connectivity index (χ4n) is 3.70. The summed E-state index contributed by atoms with van der Waals surface area (Å²) in [6.07, 6.45) is 0. The molecule has 2 nitrogen and oxygen atoms in total. The molecule has 0 aliphatic carbocycles. The SMILES string of the molecule is [2H]CC(CN([2H])c1c(C(C)C)cccc1C(C)C)=Nc1c(C(C)C)cccc1C(C)C. The van der Waals surface area contributed by atoms with E-state index in [2.05, 4.69) is 91.8 Å². The molecule has 0 heterocycles. The maximum absolute atomic E-state index is 8.93. The van der Waals surface area contributed by atoms with Crippen molar-refractivity contribution in [3.63, 3.8) is 0 Å². The van der Waals surface area contributed by atoms with Crippen molar-refractivity contribution >= 4 is 17.1 Å². The highest BCUT2D eigenvalue weighted by Gasteiger charge is 2.15. The van der Waals surface area contributed by atoms with E-state index in [4.69, 9.17) is 7.78 Å².